The van der Waals surface area contributed by atoms with Gasteiger partial charge < -0.3 is 9.47 Å². The SMILES string of the molecule is CCCC(OC)(OC)C(=O)c1ccccc1. The van der Waals surface area contributed by atoms with Gasteiger partial charge in [0.1, 0.15) is 0 Å². The summed E-state index contributed by atoms with van der Waals surface area (Å²) in [6.45, 7) is 1.99. The Balaban J connectivity index is 3.00. The number of carbonyl (C=O) groups is 1. The topological polar surface area (TPSA) is 35.5 Å². The van der Waals surface area contributed by atoms with E-state index in [0.29, 0.717) is 12.0 Å². The molecule has 0 atom stereocenters. The van der Waals surface area contributed by atoms with Crippen LogP contribution in [0.4, 0.5) is 0 Å². The minimum absolute atomic E-state index is 0.125. The van der Waals surface area contributed by atoms with Gasteiger partial charge in [0.05, 0.1) is 0 Å². The number of hydrogen-bond acceptors (Lipinski definition) is 3. The van der Waals surface area contributed by atoms with Gasteiger partial charge in [-0.1, -0.05) is 43.7 Å². The molecule has 0 aliphatic heterocycles. The first-order valence-electron chi connectivity index (χ1n) is 5.40. The molecule has 88 valence electrons. The van der Waals surface area contributed by atoms with Crippen LogP contribution in [-0.4, -0.2) is 25.8 Å². The smallest absolute Gasteiger partial charge is 0.233 e. The molecule has 1 aromatic rings. The van der Waals surface area contributed by atoms with E-state index < -0.39 is 5.79 Å². The van der Waals surface area contributed by atoms with E-state index in [2.05, 4.69) is 0 Å². The lowest BCUT2D eigenvalue weighted by Gasteiger charge is -2.28. The number of ketones is 1. The molecule has 0 saturated carbocycles. The molecular weight excluding hydrogens is 204 g/mol. The highest BCUT2D eigenvalue weighted by Gasteiger charge is 2.38. The quantitative estimate of drug-likeness (QED) is 0.548. The van der Waals surface area contributed by atoms with Crippen LogP contribution in [-0.2, 0) is 9.47 Å². The van der Waals surface area contributed by atoms with Gasteiger partial charge in [0, 0.05) is 26.2 Å². The van der Waals surface area contributed by atoms with Crippen molar-refractivity contribution in [1.82, 2.24) is 0 Å². The second-order valence-corrected chi connectivity index (χ2v) is 3.61. The normalized spacial score (nSPS) is 11.4. The number of rotatable bonds is 6. The van der Waals surface area contributed by atoms with Crippen molar-refractivity contribution in [2.24, 2.45) is 0 Å². The molecule has 3 heteroatoms. The highest BCUT2D eigenvalue weighted by atomic mass is 16.7. The van der Waals surface area contributed by atoms with Crippen molar-refractivity contribution in [3.63, 3.8) is 0 Å². The summed E-state index contributed by atoms with van der Waals surface area (Å²) in [7, 11) is 3.00. The third-order valence-electron chi connectivity index (χ3n) is 2.62. The van der Waals surface area contributed by atoms with E-state index in [9.17, 15) is 4.79 Å². The summed E-state index contributed by atoms with van der Waals surface area (Å²) in [5, 5.41) is 0. The molecule has 0 aliphatic carbocycles. The first kappa shape index (κ1) is 12.9. The number of methoxy groups -OCH3 is 2. The molecule has 0 amide bonds. The van der Waals surface area contributed by atoms with Gasteiger partial charge in [-0.2, -0.15) is 0 Å². The first-order chi connectivity index (χ1) is 7.70. The summed E-state index contributed by atoms with van der Waals surface area (Å²) in [5.74, 6) is -1.27. The second kappa shape index (κ2) is 5.77. The minimum atomic E-state index is -1.14. The van der Waals surface area contributed by atoms with Crippen LogP contribution >= 0.6 is 0 Å². The Kier molecular flexibility index (Phi) is 4.65. The van der Waals surface area contributed by atoms with Crippen LogP contribution in [0.25, 0.3) is 0 Å². The molecule has 0 fully saturated rings. The van der Waals surface area contributed by atoms with Gasteiger partial charge >= 0.3 is 0 Å². The summed E-state index contributed by atoms with van der Waals surface area (Å²) < 4.78 is 10.5. The molecule has 0 aromatic heterocycles. The van der Waals surface area contributed by atoms with Crippen LogP contribution in [0.2, 0.25) is 0 Å². The molecule has 1 aromatic carbocycles. The van der Waals surface area contributed by atoms with Crippen LogP contribution in [0, 0.1) is 0 Å². The van der Waals surface area contributed by atoms with Crippen LogP contribution in [0.5, 0.6) is 0 Å². The lowest BCUT2D eigenvalue weighted by atomic mass is 9.99. The van der Waals surface area contributed by atoms with Crippen molar-refractivity contribution in [1.29, 1.82) is 0 Å². The van der Waals surface area contributed by atoms with Crippen molar-refractivity contribution in [2.75, 3.05) is 14.2 Å². The van der Waals surface area contributed by atoms with E-state index >= 15 is 0 Å². The summed E-state index contributed by atoms with van der Waals surface area (Å²) in [6, 6.07) is 9.07. The highest BCUT2D eigenvalue weighted by Crippen LogP contribution is 2.23. The number of Topliss-reactive ketones (excluding diaryl/α,β-unsaturated/α-hetero) is 1. The maximum Gasteiger partial charge on any atom is 0.233 e. The summed E-state index contributed by atoms with van der Waals surface area (Å²) in [6.07, 6.45) is 1.37. The molecule has 0 heterocycles. The minimum Gasteiger partial charge on any atom is -0.347 e. The van der Waals surface area contributed by atoms with Crippen molar-refractivity contribution in [2.45, 2.75) is 25.6 Å². The van der Waals surface area contributed by atoms with Crippen LogP contribution < -0.4 is 0 Å². The Hall–Kier alpha value is -1.19. The molecule has 0 N–H and O–H groups in total. The van der Waals surface area contributed by atoms with Crippen LogP contribution in [0.15, 0.2) is 30.3 Å². The Labute approximate surface area is 96.4 Å². The molecule has 0 spiro atoms. The third-order valence-corrected chi connectivity index (χ3v) is 2.62. The van der Waals surface area contributed by atoms with Crippen LogP contribution in [0.3, 0.4) is 0 Å². The lowest BCUT2D eigenvalue weighted by molar-refractivity contribution is -0.173. The van der Waals surface area contributed by atoms with E-state index in [1.807, 2.05) is 25.1 Å². The zero-order valence-electron chi connectivity index (χ0n) is 10.0. The molecular formula is C13H18O3. The van der Waals surface area contributed by atoms with Crippen molar-refractivity contribution in [3.05, 3.63) is 35.9 Å². The number of benzene rings is 1. The largest absolute Gasteiger partial charge is 0.347 e. The van der Waals surface area contributed by atoms with Gasteiger partial charge in [-0.15, -0.1) is 0 Å². The van der Waals surface area contributed by atoms with E-state index in [1.165, 1.54) is 14.2 Å². The fraction of sp³-hybridized carbons (Fsp3) is 0.462. The van der Waals surface area contributed by atoms with Crippen molar-refractivity contribution >= 4 is 5.78 Å². The maximum absolute atomic E-state index is 12.3. The molecule has 0 aliphatic rings. The Morgan fingerprint density at radius 2 is 1.75 bits per heavy atom. The lowest BCUT2D eigenvalue weighted by Crippen LogP contribution is -2.42. The van der Waals surface area contributed by atoms with Gasteiger partial charge in [0.2, 0.25) is 11.6 Å². The van der Waals surface area contributed by atoms with E-state index in [4.69, 9.17) is 9.47 Å². The molecule has 0 saturated heterocycles. The maximum atomic E-state index is 12.3. The Morgan fingerprint density at radius 1 is 1.19 bits per heavy atom. The fourth-order valence-electron chi connectivity index (χ4n) is 1.72. The van der Waals surface area contributed by atoms with E-state index in [1.54, 1.807) is 12.1 Å². The monoisotopic (exact) mass is 222 g/mol. The summed E-state index contributed by atoms with van der Waals surface area (Å²) >= 11 is 0. The van der Waals surface area contributed by atoms with Gasteiger partial charge in [0.15, 0.2) is 0 Å². The standard InChI is InChI=1S/C13H18O3/c1-4-10-13(15-2,16-3)12(14)11-8-6-5-7-9-11/h5-9H,4,10H2,1-3H3. The average molecular weight is 222 g/mol. The molecule has 1 rings (SSSR count). The Bertz CT molecular complexity index is 328. The average Bonchev–Trinajstić information content (AvgIpc) is 2.36. The highest BCUT2D eigenvalue weighted by molar-refractivity contribution is 6.01. The van der Waals surface area contributed by atoms with Crippen molar-refractivity contribution in [3.8, 4) is 0 Å². The van der Waals surface area contributed by atoms with Gasteiger partial charge in [-0.25, -0.2) is 0 Å². The van der Waals surface area contributed by atoms with E-state index in [-0.39, 0.29) is 5.78 Å². The van der Waals surface area contributed by atoms with Gasteiger partial charge in [-0.3, -0.25) is 4.79 Å². The molecule has 16 heavy (non-hydrogen) atoms. The molecule has 0 unspecified atom stereocenters. The van der Waals surface area contributed by atoms with Crippen molar-refractivity contribution < 1.29 is 14.3 Å². The Morgan fingerprint density at radius 3 is 2.19 bits per heavy atom. The predicted molar refractivity (Wildman–Crippen MR) is 62.4 cm³/mol. The number of carbonyl (C=O) groups excluding carboxylic acids is 1. The zero-order valence-corrected chi connectivity index (χ0v) is 10.0. The summed E-state index contributed by atoms with van der Waals surface area (Å²) in [5.41, 5.74) is 0.611. The molecule has 3 nitrogen and oxygen atoms in total. The van der Waals surface area contributed by atoms with Gasteiger partial charge in [0.25, 0.3) is 0 Å². The van der Waals surface area contributed by atoms with Crippen LogP contribution in [0.1, 0.15) is 30.1 Å². The second-order valence-electron chi connectivity index (χ2n) is 3.61. The first-order valence-corrected chi connectivity index (χ1v) is 5.40. The fourth-order valence-corrected chi connectivity index (χ4v) is 1.72. The van der Waals surface area contributed by atoms with E-state index in [0.717, 1.165) is 6.42 Å². The van der Waals surface area contributed by atoms with Gasteiger partial charge in [-0.05, 0) is 0 Å². The predicted octanol–water partition coefficient (Wildman–Crippen LogP) is 2.66. The number of ether oxygens (including phenoxy) is 2. The number of hydrogen-bond donors (Lipinski definition) is 0. The molecule has 0 radical (unpaired) electrons. The summed E-state index contributed by atoms with van der Waals surface area (Å²) in [4.78, 5) is 12.3. The zero-order chi connectivity index (χ0) is 12.0. The third kappa shape index (κ3) is 2.49. The molecule has 0 bridgehead atoms.